The van der Waals surface area contributed by atoms with E-state index in [1.54, 1.807) is 43.4 Å². The maximum Gasteiger partial charge on any atom is 0.452 e. The Balaban J connectivity index is 1.43. The number of benzene rings is 1. The van der Waals surface area contributed by atoms with Crippen molar-refractivity contribution < 1.29 is 36.8 Å². The number of ether oxygens (including phenoxy) is 2. The standard InChI is InChI=1S/C30H30F3N5O5S/c1-17-7-8-19(12-20(17)13-37-14-29(15-42-16-29)43-25-22(44(37)41)6-5-10-34-25)23(28(3,4)27(39)40)21-9-11-38-24(18(21)2)35-36-26(38)30(31,32)33/h5-12,23H,13-16H2,1-4H3,(H,39,40). The molecule has 0 saturated carbocycles. The number of pyridine rings is 2. The van der Waals surface area contributed by atoms with Gasteiger partial charge < -0.3 is 14.6 Å². The molecule has 1 N–H and O–H groups in total. The lowest BCUT2D eigenvalue weighted by Crippen LogP contribution is -2.60. The summed E-state index contributed by atoms with van der Waals surface area (Å²) < 4.78 is 68.8. The van der Waals surface area contributed by atoms with Gasteiger partial charge in [0.1, 0.15) is 15.9 Å². The number of aromatic nitrogens is 4. The molecule has 6 rings (SSSR count). The van der Waals surface area contributed by atoms with Gasteiger partial charge in [0.05, 0.1) is 25.2 Å². The lowest BCUT2D eigenvalue weighted by Gasteiger charge is -2.41. The van der Waals surface area contributed by atoms with Crippen molar-refractivity contribution in [1.29, 1.82) is 0 Å². The minimum Gasteiger partial charge on any atom is -0.481 e. The van der Waals surface area contributed by atoms with Gasteiger partial charge in [-0.1, -0.05) is 18.2 Å². The molecule has 232 valence electrons. The average Bonchev–Trinajstić information content (AvgIpc) is 3.35. The van der Waals surface area contributed by atoms with Crippen molar-refractivity contribution in [3.8, 4) is 5.88 Å². The summed E-state index contributed by atoms with van der Waals surface area (Å²) in [7, 11) is -1.61. The van der Waals surface area contributed by atoms with Gasteiger partial charge in [-0.15, -0.1) is 10.2 Å². The summed E-state index contributed by atoms with van der Waals surface area (Å²) in [6.45, 7) is 7.91. The number of hydrogen-bond donors (Lipinski definition) is 1. The van der Waals surface area contributed by atoms with E-state index in [-0.39, 0.29) is 12.2 Å². The largest absolute Gasteiger partial charge is 0.481 e. The van der Waals surface area contributed by atoms with Crippen LogP contribution in [0.5, 0.6) is 5.88 Å². The number of rotatable bonds is 6. The van der Waals surface area contributed by atoms with Crippen molar-refractivity contribution in [2.45, 2.75) is 56.8 Å². The molecule has 1 fully saturated rings. The molecular weight excluding hydrogens is 599 g/mol. The number of carboxylic acid groups (broad SMARTS) is 1. The van der Waals surface area contributed by atoms with Gasteiger partial charge in [0.2, 0.25) is 11.7 Å². The molecule has 3 aromatic heterocycles. The molecule has 4 aromatic rings. The third-order valence-electron chi connectivity index (χ3n) is 8.42. The van der Waals surface area contributed by atoms with E-state index in [2.05, 4.69) is 15.2 Å². The topological polar surface area (TPSA) is 119 Å². The van der Waals surface area contributed by atoms with Crippen molar-refractivity contribution in [3.05, 3.63) is 82.4 Å². The fourth-order valence-corrected chi connectivity index (χ4v) is 7.21. The summed E-state index contributed by atoms with van der Waals surface area (Å²) in [5, 5.41) is 17.5. The zero-order valence-corrected chi connectivity index (χ0v) is 25.2. The van der Waals surface area contributed by atoms with Gasteiger partial charge in [-0.3, -0.25) is 9.20 Å². The zero-order valence-electron chi connectivity index (χ0n) is 24.4. The molecule has 0 bridgehead atoms. The van der Waals surface area contributed by atoms with Crippen molar-refractivity contribution in [2.24, 2.45) is 5.41 Å². The van der Waals surface area contributed by atoms with E-state index < -0.39 is 45.9 Å². The van der Waals surface area contributed by atoms with Crippen molar-refractivity contribution in [1.82, 2.24) is 23.9 Å². The molecule has 0 aliphatic carbocycles. The zero-order chi connectivity index (χ0) is 31.6. The van der Waals surface area contributed by atoms with Crippen LogP contribution >= 0.6 is 0 Å². The number of hydrogen-bond acceptors (Lipinski definition) is 7. The van der Waals surface area contributed by atoms with E-state index in [1.165, 1.54) is 12.3 Å². The van der Waals surface area contributed by atoms with E-state index in [0.717, 1.165) is 15.5 Å². The van der Waals surface area contributed by atoms with Gasteiger partial charge in [0, 0.05) is 24.9 Å². The highest BCUT2D eigenvalue weighted by molar-refractivity contribution is 7.82. The van der Waals surface area contributed by atoms with Gasteiger partial charge in [-0.25, -0.2) is 13.5 Å². The Morgan fingerprint density at radius 2 is 1.91 bits per heavy atom. The van der Waals surface area contributed by atoms with E-state index in [1.807, 2.05) is 25.1 Å². The molecule has 44 heavy (non-hydrogen) atoms. The minimum absolute atomic E-state index is 0.00592. The van der Waals surface area contributed by atoms with Gasteiger partial charge in [0.15, 0.2) is 11.2 Å². The second-order valence-corrected chi connectivity index (χ2v) is 13.3. The van der Waals surface area contributed by atoms with Crippen LogP contribution in [0.2, 0.25) is 0 Å². The Morgan fingerprint density at radius 1 is 1.16 bits per heavy atom. The highest BCUT2D eigenvalue weighted by atomic mass is 32.2. The number of aryl methyl sites for hydroxylation is 2. The SMILES string of the molecule is Cc1ccc(C(c2ccn3c(C(F)(F)F)nnc3c2C)C(C)(C)C(=O)O)cc1CN1CC2(COC2)Oc2ncccc2S1=O. The van der Waals surface area contributed by atoms with Gasteiger partial charge >= 0.3 is 12.1 Å². The summed E-state index contributed by atoms with van der Waals surface area (Å²) in [6, 6.07) is 10.5. The van der Waals surface area contributed by atoms with Crippen LogP contribution in [-0.2, 0) is 33.2 Å². The third kappa shape index (κ3) is 5.04. The molecule has 0 amide bonds. The third-order valence-corrected chi connectivity index (χ3v) is 9.84. The second-order valence-electron chi connectivity index (χ2n) is 11.9. The lowest BCUT2D eigenvalue weighted by molar-refractivity contribution is -0.166. The van der Waals surface area contributed by atoms with E-state index in [4.69, 9.17) is 9.47 Å². The fraction of sp³-hybridized carbons (Fsp3) is 0.400. The molecular formula is C30H30F3N5O5S. The highest BCUT2D eigenvalue weighted by Crippen LogP contribution is 2.44. The second kappa shape index (κ2) is 10.6. The van der Waals surface area contributed by atoms with E-state index in [9.17, 15) is 27.3 Å². The van der Waals surface area contributed by atoms with Gasteiger partial charge in [-0.05, 0) is 73.7 Å². The Morgan fingerprint density at radius 3 is 2.57 bits per heavy atom. The molecule has 1 aromatic carbocycles. The fourth-order valence-electron chi connectivity index (χ4n) is 5.88. The van der Waals surface area contributed by atoms with Crippen LogP contribution in [-0.4, -0.2) is 64.5 Å². The highest BCUT2D eigenvalue weighted by Gasteiger charge is 2.47. The molecule has 2 atom stereocenters. The summed E-state index contributed by atoms with van der Waals surface area (Å²) in [5.74, 6) is -2.71. The Labute approximate surface area is 253 Å². The number of halogens is 3. The summed E-state index contributed by atoms with van der Waals surface area (Å²) >= 11 is 0. The normalized spacial score (nSPS) is 19.2. The summed E-state index contributed by atoms with van der Waals surface area (Å²) in [5.41, 5.74) is 1.17. The van der Waals surface area contributed by atoms with Gasteiger partial charge in [-0.2, -0.15) is 13.2 Å². The minimum atomic E-state index is -4.71. The lowest BCUT2D eigenvalue weighted by atomic mass is 9.70. The first-order chi connectivity index (χ1) is 20.7. The van der Waals surface area contributed by atoms with E-state index >= 15 is 0 Å². The Kier molecular flexibility index (Phi) is 7.29. The predicted octanol–water partition coefficient (Wildman–Crippen LogP) is 4.69. The smallest absolute Gasteiger partial charge is 0.452 e. The molecule has 1 spiro atoms. The summed E-state index contributed by atoms with van der Waals surface area (Å²) in [6.07, 6.45) is -1.90. The molecule has 2 unspecified atom stereocenters. The maximum atomic E-state index is 13.8. The predicted molar refractivity (Wildman–Crippen MR) is 152 cm³/mol. The number of fused-ring (bicyclic) bond motifs is 2. The number of alkyl halides is 3. The van der Waals surface area contributed by atoms with Crippen molar-refractivity contribution >= 4 is 22.6 Å². The number of carbonyl (C=O) groups is 1. The van der Waals surface area contributed by atoms with Crippen LogP contribution in [0.25, 0.3) is 5.65 Å². The van der Waals surface area contributed by atoms with Crippen LogP contribution in [0.4, 0.5) is 13.2 Å². The monoisotopic (exact) mass is 629 g/mol. The number of carboxylic acids is 1. The summed E-state index contributed by atoms with van der Waals surface area (Å²) in [4.78, 5) is 17.4. The Bertz CT molecular complexity index is 1800. The number of aliphatic carboxylic acids is 1. The Hall–Kier alpha value is -3.88. The first kappa shape index (κ1) is 30.2. The average molecular weight is 630 g/mol. The first-order valence-electron chi connectivity index (χ1n) is 13.8. The van der Waals surface area contributed by atoms with Crippen LogP contribution in [0.15, 0.2) is 53.7 Å². The van der Waals surface area contributed by atoms with Crippen LogP contribution in [0.1, 0.15) is 53.4 Å². The van der Waals surface area contributed by atoms with Crippen LogP contribution in [0.3, 0.4) is 0 Å². The van der Waals surface area contributed by atoms with E-state index in [0.29, 0.717) is 47.2 Å². The molecule has 1 saturated heterocycles. The molecule has 0 radical (unpaired) electrons. The molecule has 5 heterocycles. The van der Waals surface area contributed by atoms with Crippen LogP contribution < -0.4 is 4.74 Å². The molecule has 14 heteroatoms. The molecule has 2 aliphatic heterocycles. The number of nitrogens with zero attached hydrogens (tertiary/aromatic N) is 5. The van der Waals surface area contributed by atoms with Crippen LogP contribution in [0, 0.1) is 19.3 Å². The van der Waals surface area contributed by atoms with Crippen molar-refractivity contribution in [3.63, 3.8) is 0 Å². The van der Waals surface area contributed by atoms with Crippen molar-refractivity contribution in [2.75, 3.05) is 19.8 Å². The first-order valence-corrected chi connectivity index (χ1v) is 15.0. The molecule has 2 aliphatic rings. The van der Waals surface area contributed by atoms with Gasteiger partial charge in [0.25, 0.3) is 0 Å². The molecule has 10 nitrogen and oxygen atoms in total. The maximum absolute atomic E-state index is 13.8. The quantitative estimate of drug-likeness (QED) is 0.327.